The van der Waals surface area contributed by atoms with Crippen LogP contribution in [0.5, 0.6) is 0 Å². The number of anilines is 1. The average Bonchev–Trinajstić information content (AvgIpc) is 3.31. The number of amides is 1. The van der Waals surface area contributed by atoms with Crippen molar-refractivity contribution in [3.8, 4) is 6.07 Å². The van der Waals surface area contributed by atoms with Gasteiger partial charge in [-0.05, 0) is 44.2 Å². The summed E-state index contributed by atoms with van der Waals surface area (Å²) in [6.07, 6.45) is 4.15. The van der Waals surface area contributed by atoms with Crippen molar-refractivity contribution in [2.24, 2.45) is 0 Å². The van der Waals surface area contributed by atoms with Gasteiger partial charge in [-0.15, -0.1) is 21.5 Å². The van der Waals surface area contributed by atoms with Gasteiger partial charge in [0.05, 0.1) is 16.8 Å². The Morgan fingerprint density at radius 3 is 2.97 bits per heavy atom. The lowest BCUT2D eigenvalue weighted by atomic mass is 9.96. The van der Waals surface area contributed by atoms with Gasteiger partial charge < -0.3 is 9.88 Å². The van der Waals surface area contributed by atoms with E-state index in [0.717, 1.165) is 59.9 Å². The van der Waals surface area contributed by atoms with E-state index < -0.39 is 0 Å². The molecule has 0 atom stereocenters. The van der Waals surface area contributed by atoms with E-state index in [1.54, 1.807) is 0 Å². The van der Waals surface area contributed by atoms with Crippen LogP contribution in [0.15, 0.2) is 29.4 Å². The first-order valence-corrected chi connectivity index (χ1v) is 12.1. The molecule has 0 fully saturated rings. The number of benzene rings is 1. The Balaban J connectivity index is 1.34. The number of hydrogen-bond donors (Lipinski definition) is 1. The molecule has 5 rings (SSSR count). The number of thiophene rings is 1. The largest absolute Gasteiger partial charge is 0.324 e. The van der Waals surface area contributed by atoms with E-state index in [1.165, 1.54) is 28.0 Å². The van der Waals surface area contributed by atoms with Crippen molar-refractivity contribution in [1.29, 1.82) is 5.26 Å². The second-order valence-corrected chi connectivity index (χ2v) is 9.44. The maximum atomic E-state index is 12.6. The quantitative estimate of drug-likeness (QED) is 0.450. The van der Waals surface area contributed by atoms with Crippen molar-refractivity contribution in [1.82, 2.24) is 19.7 Å². The molecule has 156 valence electrons. The Labute approximate surface area is 187 Å². The van der Waals surface area contributed by atoms with Crippen LogP contribution in [0.2, 0.25) is 0 Å². The average molecular weight is 449 g/mol. The Bertz CT molecular complexity index is 1350. The highest BCUT2D eigenvalue weighted by Crippen LogP contribution is 2.37. The molecule has 9 heteroatoms. The number of aryl methyl sites for hydroxylation is 2. The Kier molecular flexibility index (Phi) is 5.34. The van der Waals surface area contributed by atoms with Gasteiger partial charge in [0.1, 0.15) is 16.6 Å². The highest BCUT2D eigenvalue weighted by atomic mass is 32.2. The van der Waals surface area contributed by atoms with Crippen LogP contribution in [0.1, 0.15) is 35.8 Å². The molecule has 4 aromatic rings. The zero-order chi connectivity index (χ0) is 21.4. The number of carbonyl (C=O) groups excluding carboxylic acids is 1. The summed E-state index contributed by atoms with van der Waals surface area (Å²) in [5.41, 5.74) is 4.37. The standard InChI is InChI=1S/C22H20N6OS2/c1-2-28-16-9-5-3-8-14(16)19-20(28)25-22(27-26-19)30-12-18(29)24-21-15(11-23)13-7-4-6-10-17(13)31-21/h3,5,8-9H,2,4,6-7,10,12H2,1H3,(H,24,29). The van der Waals surface area contributed by atoms with E-state index in [0.29, 0.717) is 15.7 Å². The zero-order valence-electron chi connectivity index (χ0n) is 17.0. The first-order valence-electron chi connectivity index (χ1n) is 10.3. The molecular formula is C22H20N6OS2. The van der Waals surface area contributed by atoms with Crippen molar-refractivity contribution >= 4 is 56.1 Å². The minimum absolute atomic E-state index is 0.160. The third-order valence-corrected chi connectivity index (χ3v) is 7.58. The van der Waals surface area contributed by atoms with Gasteiger partial charge in [0, 0.05) is 16.8 Å². The van der Waals surface area contributed by atoms with Crippen molar-refractivity contribution in [3.05, 3.63) is 40.3 Å². The fourth-order valence-electron chi connectivity index (χ4n) is 4.14. The van der Waals surface area contributed by atoms with Crippen molar-refractivity contribution in [3.63, 3.8) is 0 Å². The fourth-order valence-corrected chi connectivity index (χ4v) is 5.97. The lowest BCUT2D eigenvalue weighted by Gasteiger charge is -2.09. The third kappa shape index (κ3) is 3.56. The van der Waals surface area contributed by atoms with Gasteiger partial charge >= 0.3 is 0 Å². The number of carbonyl (C=O) groups is 1. The first kappa shape index (κ1) is 20.0. The van der Waals surface area contributed by atoms with Gasteiger partial charge in [-0.2, -0.15) is 5.26 Å². The molecule has 1 aliphatic carbocycles. The molecular weight excluding hydrogens is 428 g/mol. The van der Waals surface area contributed by atoms with E-state index in [9.17, 15) is 10.1 Å². The molecule has 1 aliphatic rings. The van der Waals surface area contributed by atoms with Crippen LogP contribution in [0, 0.1) is 11.3 Å². The summed E-state index contributed by atoms with van der Waals surface area (Å²) in [4.78, 5) is 18.5. The summed E-state index contributed by atoms with van der Waals surface area (Å²) in [5.74, 6) is -0.00713. The normalized spacial score (nSPS) is 13.3. The monoisotopic (exact) mass is 448 g/mol. The molecule has 0 saturated heterocycles. The third-order valence-electron chi connectivity index (χ3n) is 5.54. The first-order chi connectivity index (χ1) is 15.2. The summed E-state index contributed by atoms with van der Waals surface area (Å²) in [7, 11) is 0. The van der Waals surface area contributed by atoms with Gasteiger partial charge in [-0.1, -0.05) is 30.0 Å². The number of nitrogens with zero attached hydrogens (tertiary/aromatic N) is 5. The van der Waals surface area contributed by atoms with Crippen LogP contribution < -0.4 is 5.32 Å². The number of nitrogens with one attached hydrogen (secondary N) is 1. The van der Waals surface area contributed by atoms with Crippen LogP contribution in [0.3, 0.4) is 0 Å². The predicted molar refractivity (Wildman–Crippen MR) is 124 cm³/mol. The van der Waals surface area contributed by atoms with Crippen LogP contribution in [0.25, 0.3) is 22.1 Å². The molecule has 0 radical (unpaired) electrons. The maximum Gasteiger partial charge on any atom is 0.235 e. The number of fused-ring (bicyclic) bond motifs is 4. The predicted octanol–water partition coefficient (Wildman–Crippen LogP) is 4.54. The molecule has 0 spiro atoms. The molecule has 3 heterocycles. The van der Waals surface area contributed by atoms with E-state index in [4.69, 9.17) is 0 Å². The molecule has 1 N–H and O–H groups in total. The summed E-state index contributed by atoms with van der Waals surface area (Å²) < 4.78 is 2.11. The van der Waals surface area contributed by atoms with E-state index in [-0.39, 0.29) is 11.7 Å². The van der Waals surface area contributed by atoms with Crippen LogP contribution in [-0.2, 0) is 24.2 Å². The summed E-state index contributed by atoms with van der Waals surface area (Å²) in [6.45, 7) is 2.84. The Hall–Kier alpha value is -2.96. The molecule has 0 saturated carbocycles. The topological polar surface area (TPSA) is 96.5 Å². The summed E-state index contributed by atoms with van der Waals surface area (Å²) >= 11 is 2.79. The molecule has 0 bridgehead atoms. The molecule has 0 unspecified atom stereocenters. The van der Waals surface area contributed by atoms with E-state index in [2.05, 4.69) is 44.1 Å². The van der Waals surface area contributed by atoms with Crippen molar-refractivity contribution in [2.45, 2.75) is 44.3 Å². The van der Waals surface area contributed by atoms with Gasteiger partial charge in [0.25, 0.3) is 0 Å². The van der Waals surface area contributed by atoms with Gasteiger partial charge in [0.2, 0.25) is 11.1 Å². The van der Waals surface area contributed by atoms with Crippen LogP contribution in [-0.4, -0.2) is 31.4 Å². The second kappa shape index (κ2) is 8.29. The van der Waals surface area contributed by atoms with Crippen molar-refractivity contribution < 1.29 is 4.79 Å². The second-order valence-electron chi connectivity index (χ2n) is 7.39. The molecule has 1 amide bonds. The maximum absolute atomic E-state index is 12.6. The van der Waals surface area contributed by atoms with Gasteiger partial charge in [-0.25, -0.2) is 4.98 Å². The number of nitriles is 1. The van der Waals surface area contributed by atoms with Crippen LogP contribution >= 0.6 is 23.1 Å². The Morgan fingerprint density at radius 1 is 1.29 bits per heavy atom. The highest BCUT2D eigenvalue weighted by molar-refractivity contribution is 7.99. The molecule has 7 nitrogen and oxygen atoms in total. The van der Waals surface area contributed by atoms with Gasteiger partial charge in [-0.3, -0.25) is 4.79 Å². The summed E-state index contributed by atoms with van der Waals surface area (Å²) in [6, 6.07) is 10.3. The highest BCUT2D eigenvalue weighted by Gasteiger charge is 2.22. The number of hydrogen-bond acceptors (Lipinski definition) is 7. The smallest absolute Gasteiger partial charge is 0.235 e. The number of aromatic nitrogens is 4. The van der Waals surface area contributed by atoms with E-state index in [1.807, 2.05) is 18.2 Å². The number of thioether (sulfide) groups is 1. The molecule has 0 aliphatic heterocycles. The lowest BCUT2D eigenvalue weighted by Crippen LogP contribution is -2.14. The minimum Gasteiger partial charge on any atom is -0.324 e. The Morgan fingerprint density at radius 2 is 2.13 bits per heavy atom. The SMILES string of the molecule is CCn1c2ccccc2c2nnc(SCC(=O)Nc3sc4c(c3C#N)CCCC4)nc21. The fraction of sp³-hybridized carbons (Fsp3) is 0.318. The zero-order valence-corrected chi connectivity index (χ0v) is 18.6. The number of para-hydroxylation sites is 1. The molecule has 1 aromatic carbocycles. The minimum atomic E-state index is -0.167. The van der Waals surface area contributed by atoms with E-state index >= 15 is 0 Å². The lowest BCUT2D eigenvalue weighted by molar-refractivity contribution is -0.113. The summed E-state index contributed by atoms with van der Waals surface area (Å²) in [5, 5.41) is 23.3. The van der Waals surface area contributed by atoms with Crippen LogP contribution in [0.4, 0.5) is 5.00 Å². The molecule has 31 heavy (non-hydrogen) atoms. The van der Waals surface area contributed by atoms with Gasteiger partial charge in [0.15, 0.2) is 5.65 Å². The van der Waals surface area contributed by atoms with Crippen molar-refractivity contribution in [2.75, 3.05) is 11.1 Å². The number of rotatable bonds is 5. The molecule has 3 aromatic heterocycles.